The Hall–Kier alpha value is -2.84. The van der Waals surface area contributed by atoms with E-state index in [1.807, 2.05) is 6.07 Å². The number of carboxylic acids is 1. The van der Waals surface area contributed by atoms with Crippen LogP contribution in [-0.4, -0.2) is 47.8 Å². The van der Waals surface area contributed by atoms with E-state index in [1.165, 1.54) is 23.9 Å². The van der Waals surface area contributed by atoms with Crippen molar-refractivity contribution < 1.29 is 24.2 Å². The number of rotatable bonds is 7. The second kappa shape index (κ2) is 9.75. The molecular formula is C23H25ClN2O6. The summed E-state index contributed by atoms with van der Waals surface area (Å²) in [5.74, 6) is -0.722. The number of ether oxygens (including phenoxy) is 2. The molecule has 1 saturated heterocycles. The van der Waals surface area contributed by atoms with E-state index in [9.17, 15) is 14.7 Å². The van der Waals surface area contributed by atoms with Gasteiger partial charge < -0.3 is 19.4 Å². The van der Waals surface area contributed by atoms with E-state index in [2.05, 4.69) is 5.16 Å². The number of oxime groups is 1. The molecule has 3 heterocycles. The molecule has 2 atom stereocenters. The zero-order valence-electron chi connectivity index (χ0n) is 17.8. The Labute approximate surface area is 190 Å². The largest absolute Gasteiger partial charge is 0.495 e. The van der Waals surface area contributed by atoms with Gasteiger partial charge in [0.2, 0.25) is 0 Å². The van der Waals surface area contributed by atoms with Crippen LogP contribution < -0.4 is 10.3 Å². The zero-order chi connectivity index (χ0) is 22.7. The predicted octanol–water partition coefficient (Wildman–Crippen LogP) is 3.89. The first kappa shape index (κ1) is 22.4. The standard InChI is InChI=1S/C23H25ClN2O6/c1-30-21-13-26(20(23(28)29)11-15-4-2-3-8-31-15)22(27)12-18(21)17-10-14(24)5-6-16(17)19-7-9-32-25-19/h5-6,10,12-13,15,20H,2-4,7-9,11H2,1H3,(H,28,29)/t15-,20?/m1/s1. The summed E-state index contributed by atoms with van der Waals surface area (Å²) in [5, 5.41) is 14.4. The summed E-state index contributed by atoms with van der Waals surface area (Å²) in [4.78, 5) is 30.3. The van der Waals surface area contributed by atoms with Gasteiger partial charge >= 0.3 is 5.97 Å². The molecule has 170 valence electrons. The number of carboxylic acid groups (broad SMARTS) is 1. The van der Waals surface area contributed by atoms with Gasteiger partial charge in [0.25, 0.3) is 5.56 Å². The molecule has 2 aliphatic rings. The Morgan fingerprint density at radius 2 is 2.12 bits per heavy atom. The molecule has 0 spiro atoms. The minimum atomic E-state index is -1.09. The third-order valence-corrected chi connectivity index (χ3v) is 6.07. The van der Waals surface area contributed by atoms with Crippen LogP contribution in [0.2, 0.25) is 5.02 Å². The molecule has 0 aliphatic carbocycles. The number of hydrogen-bond acceptors (Lipinski definition) is 6. The third-order valence-electron chi connectivity index (χ3n) is 5.83. The van der Waals surface area contributed by atoms with Crippen LogP contribution in [0.4, 0.5) is 0 Å². The van der Waals surface area contributed by atoms with Crippen molar-refractivity contribution in [3.8, 4) is 16.9 Å². The van der Waals surface area contributed by atoms with E-state index in [0.717, 1.165) is 30.5 Å². The fraction of sp³-hybridized carbons (Fsp3) is 0.435. The molecule has 1 N–H and O–H groups in total. The number of hydrogen-bond donors (Lipinski definition) is 1. The molecule has 4 rings (SSSR count). The van der Waals surface area contributed by atoms with Gasteiger partial charge in [0.05, 0.1) is 25.1 Å². The van der Waals surface area contributed by atoms with Crippen LogP contribution in [-0.2, 0) is 14.4 Å². The molecule has 1 fully saturated rings. The highest BCUT2D eigenvalue weighted by molar-refractivity contribution is 6.31. The van der Waals surface area contributed by atoms with E-state index < -0.39 is 17.6 Å². The summed E-state index contributed by atoms with van der Waals surface area (Å²) in [6, 6.07) is 5.65. The van der Waals surface area contributed by atoms with Crippen molar-refractivity contribution in [1.29, 1.82) is 0 Å². The summed E-state index contributed by atoms with van der Waals surface area (Å²) < 4.78 is 12.5. The normalized spacial score (nSPS) is 19.2. The molecule has 1 aromatic heterocycles. The summed E-state index contributed by atoms with van der Waals surface area (Å²) in [6.45, 7) is 1.10. The zero-order valence-corrected chi connectivity index (χ0v) is 18.5. The van der Waals surface area contributed by atoms with Crippen LogP contribution in [0.5, 0.6) is 5.75 Å². The van der Waals surface area contributed by atoms with Crippen LogP contribution in [0.3, 0.4) is 0 Å². The highest BCUT2D eigenvalue weighted by Crippen LogP contribution is 2.35. The van der Waals surface area contributed by atoms with Gasteiger partial charge in [0, 0.05) is 41.7 Å². The summed E-state index contributed by atoms with van der Waals surface area (Å²) in [5.41, 5.74) is 2.28. The lowest BCUT2D eigenvalue weighted by atomic mass is 9.95. The van der Waals surface area contributed by atoms with Crippen molar-refractivity contribution in [2.45, 2.75) is 44.2 Å². The number of carbonyl (C=O) groups is 1. The fourth-order valence-electron chi connectivity index (χ4n) is 4.21. The van der Waals surface area contributed by atoms with Crippen molar-refractivity contribution >= 4 is 23.3 Å². The Morgan fingerprint density at radius 1 is 1.28 bits per heavy atom. The molecule has 0 saturated carbocycles. The van der Waals surface area contributed by atoms with Gasteiger partial charge in [0.1, 0.15) is 18.4 Å². The van der Waals surface area contributed by atoms with Crippen molar-refractivity contribution in [3.05, 3.63) is 51.4 Å². The maximum atomic E-state index is 13.1. The second-order valence-corrected chi connectivity index (χ2v) is 8.33. The minimum absolute atomic E-state index is 0.192. The molecule has 0 bridgehead atoms. The van der Waals surface area contributed by atoms with Gasteiger partial charge in [0.15, 0.2) is 0 Å². The van der Waals surface area contributed by atoms with Gasteiger partial charge in [-0.3, -0.25) is 9.36 Å². The highest BCUT2D eigenvalue weighted by Gasteiger charge is 2.28. The van der Waals surface area contributed by atoms with Crippen LogP contribution in [0.15, 0.2) is 40.4 Å². The number of methoxy groups -OCH3 is 1. The number of aliphatic carboxylic acids is 1. The summed E-state index contributed by atoms with van der Waals surface area (Å²) in [6.07, 6.45) is 4.85. The number of aromatic nitrogens is 1. The van der Waals surface area contributed by atoms with E-state index in [-0.39, 0.29) is 12.5 Å². The number of nitrogens with zero attached hydrogens (tertiary/aromatic N) is 2. The van der Waals surface area contributed by atoms with E-state index in [0.29, 0.717) is 41.5 Å². The van der Waals surface area contributed by atoms with Gasteiger partial charge in [-0.25, -0.2) is 4.79 Å². The number of benzene rings is 1. The van der Waals surface area contributed by atoms with E-state index >= 15 is 0 Å². The fourth-order valence-corrected chi connectivity index (χ4v) is 4.38. The van der Waals surface area contributed by atoms with Gasteiger partial charge in [-0.1, -0.05) is 22.8 Å². The maximum Gasteiger partial charge on any atom is 0.326 e. The quantitative estimate of drug-likeness (QED) is 0.673. The minimum Gasteiger partial charge on any atom is -0.495 e. The maximum absolute atomic E-state index is 13.1. The van der Waals surface area contributed by atoms with Crippen LogP contribution >= 0.6 is 11.6 Å². The first-order chi connectivity index (χ1) is 15.5. The summed E-state index contributed by atoms with van der Waals surface area (Å²) >= 11 is 6.25. The van der Waals surface area contributed by atoms with Crippen LogP contribution in [0.25, 0.3) is 11.1 Å². The monoisotopic (exact) mass is 460 g/mol. The molecule has 8 nitrogen and oxygen atoms in total. The average molecular weight is 461 g/mol. The molecule has 2 aromatic rings. The van der Waals surface area contributed by atoms with E-state index in [1.54, 1.807) is 12.1 Å². The Balaban J connectivity index is 1.77. The van der Waals surface area contributed by atoms with Crippen LogP contribution in [0, 0.1) is 0 Å². The van der Waals surface area contributed by atoms with Crippen molar-refractivity contribution in [2.75, 3.05) is 20.3 Å². The first-order valence-electron chi connectivity index (χ1n) is 10.6. The molecule has 32 heavy (non-hydrogen) atoms. The highest BCUT2D eigenvalue weighted by atomic mass is 35.5. The van der Waals surface area contributed by atoms with Crippen LogP contribution in [0.1, 0.15) is 43.7 Å². The van der Waals surface area contributed by atoms with E-state index in [4.69, 9.17) is 25.9 Å². The molecule has 2 aliphatic heterocycles. The average Bonchev–Trinajstić information content (AvgIpc) is 3.33. The molecule has 1 unspecified atom stereocenters. The first-order valence-corrected chi connectivity index (χ1v) is 11.0. The van der Waals surface area contributed by atoms with Crippen molar-refractivity contribution in [3.63, 3.8) is 0 Å². The lowest BCUT2D eigenvalue weighted by Crippen LogP contribution is -2.33. The Morgan fingerprint density at radius 3 is 2.78 bits per heavy atom. The summed E-state index contributed by atoms with van der Waals surface area (Å²) in [7, 11) is 1.48. The van der Waals surface area contributed by atoms with Crippen molar-refractivity contribution in [1.82, 2.24) is 4.57 Å². The Kier molecular flexibility index (Phi) is 6.81. The van der Waals surface area contributed by atoms with Gasteiger partial charge in [-0.05, 0) is 37.0 Å². The topological polar surface area (TPSA) is 99.3 Å². The van der Waals surface area contributed by atoms with Crippen molar-refractivity contribution in [2.24, 2.45) is 5.16 Å². The predicted molar refractivity (Wildman–Crippen MR) is 120 cm³/mol. The molecule has 1 aromatic carbocycles. The molecule has 0 radical (unpaired) electrons. The van der Waals surface area contributed by atoms with Gasteiger partial charge in [-0.15, -0.1) is 0 Å². The molecule has 9 heteroatoms. The third kappa shape index (κ3) is 4.66. The molecule has 0 amide bonds. The lowest BCUT2D eigenvalue weighted by molar-refractivity contribution is -0.142. The second-order valence-electron chi connectivity index (χ2n) is 7.89. The Bertz CT molecular complexity index is 1090. The molecular weight excluding hydrogens is 436 g/mol. The van der Waals surface area contributed by atoms with Gasteiger partial charge in [-0.2, -0.15) is 0 Å². The number of pyridine rings is 1. The number of halogens is 1. The smallest absolute Gasteiger partial charge is 0.326 e. The SMILES string of the molecule is COc1cn(C(C[C@H]2CCCCO2)C(=O)O)c(=O)cc1-c1cc(Cl)ccc1C1=NOCC1. The lowest BCUT2D eigenvalue weighted by Gasteiger charge is -2.26.